The van der Waals surface area contributed by atoms with Crippen LogP contribution >= 0.6 is 11.8 Å². The van der Waals surface area contributed by atoms with Crippen LogP contribution in [0.1, 0.15) is 43.9 Å². The predicted octanol–water partition coefficient (Wildman–Crippen LogP) is 6.70. The van der Waals surface area contributed by atoms with Crippen molar-refractivity contribution in [2.24, 2.45) is 0 Å². The van der Waals surface area contributed by atoms with Gasteiger partial charge in [0.2, 0.25) is 0 Å². The quantitative estimate of drug-likeness (QED) is 0.262. The van der Waals surface area contributed by atoms with Crippen molar-refractivity contribution >= 4 is 22.7 Å². The first-order valence-corrected chi connectivity index (χ1v) is 11.4. The molecule has 0 saturated carbocycles. The van der Waals surface area contributed by atoms with E-state index in [0.29, 0.717) is 0 Å². The van der Waals surface area contributed by atoms with E-state index in [4.69, 9.17) is 0 Å². The zero-order valence-electron chi connectivity index (χ0n) is 17.4. The first-order valence-electron chi connectivity index (χ1n) is 10.4. The van der Waals surface area contributed by atoms with Crippen molar-refractivity contribution in [3.63, 3.8) is 0 Å². The van der Waals surface area contributed by atoms with E-state index in [1.54, 1.807) is 11.8 Å². The molecule has 0 amide bonds. The number of hydrogen-bond donors (Lipinski definition) is 1. The number of fused-ring (bicyclic) bond motifs is 1. The summed E-state index contributed by atoms with van der Waals surface area (Å²) in [5.41, 5.74) is 5.86. The van der Waals surface area contributed by atoms with Crippen LogP contribution in [0.25, 0.3) is 28.0 Å². The molecule has 29 heavy (non-hydrogen) atoms. The monoisotopic (exact) mass is 404 g/mol. The van der Waals surface area contributed by atoms with Gasteiger partial charge in [0.15, 0.2) is 11.0 Å². The molecular formula is C24H28N4S. The van der Waals surface area contributed by atoms with Gasteiger partial charge in [-0.3, -0.25) is 4.57 Å². The summed E-state index contributed by atoms with van der Waals surface area (Å²) < 4.78 is 2.19. The van der Waals surface area contributed by atoms with Crippen LogP contribution in [-0.4, -0.2) is 25.5 Å². The van der Waals surface area contributed by atoms with Crippen molar-refractivity contribution in [3.05, 3.63) is 59.8 Å². The van der Waals surface area contributed by atoms with Gasteiger partial charge in [-0.05, 0) is 56.2 Å². The summed E-state index contributed by atoms with van der Waals surface area (Å²) in [6.07, 6.45) is 5.05. The van der Waals surface area contributed by atoms with Crippen molar-refractivity contribution in [2.45, 2.75) is 51.6 Å². The molecule has 4 rings (SSSR count). The number of unbranched alkanes of at least 4 members (excludes halogenated alkanes) is 3. The van der Waals surface area contributed by atoms with E-state index < -0.39 is 0 Å². The molecule has 4 nitrogen and oxygen atoms in total. The lowest BCUT2D eigenvalue weighted by molar-refractivity contribution is 0.705. The lowest BCUT2D eigenvalue weighted by Crippen LogP contribution is -2.00. The fourth-order valence-electron chi connectivity index (χ4n) is 3.65. The van der Waals surface area contributed by atoms with Gasteiger partial charge in [-0.15, -0.1) is 10.2 Å². The third kappa shape index (κ3) is 4.10. The summed E-state index contributed by atoms with van der Waals surface area (Å²) in [6.45, 7) is 6.53. The highest BCUT2D eigenvalue weighted by Crippen LogP contribution is 2.31. The molecule has 0 aliphatic heterocycles. The summed E-state index contributed by atoms with van der Waals surface area (Å²) in [5, 5.41) is 11.4. The number of thioether (sulfide) groups is 1. The molecule has 0 radical (unpaired) electrons. The molecular weight excluding hydrogens is 376 g/mol. The van der Waals surface area contributed by atoms with Gasteiger partial charge >= 0.3 is 0 Å². The summed E-state index contributed by atoms with van der Waals surface area (Å²) in [5.74, 6) is 1.97. The van der Waals surface area contributed by atoms with E-state index >= 15 is 0 Å². The molecule has 2 aromatic heterocycles. The minimum Gasteiger partial charge on any atom is -0.358 e. The Bertz CT molecular complexity index is 1090. The summed E-state index contributed by atoms with van der Waals surface area (Å²) >= 11 is 1.80. The number of hydrogen-bond acceptors (Lipinski definition) is 3. The SMILES string of the molecule is CCCCCCSc1nnc(-c2ccc3[nH]c(C)c(C)c3c2)n1-c1ccccc1. The molecule has 1 N–H and O–H groups in total. The van der Waals surface area contributed by atoms with Crippen LogP contribution < -0.4 is 0 Å². The number of nitrogens with zero attached hydrogens (tertiary/aromatic N) is 3. The Kier molecular flexibility index (Phi) is 6.05. The molecule has 0 fully saturated rings. The maximum atomic E-state index is 4.60. The van der Waals surface area contributed by atoms with E-state index in [1.807, 2.05) is 6.07 Å². The van der Waals surface area contributed by atoms with Crippen LogP contribution in [0.15, 0.2) is 53.7 Å². The number of aromatic amines is 1. The van der Waals surface area contributed by atoms with E-state index in [1.165, 1.54) is 47.8 Å². The molecule has 0 saturated heterocycles. The molecule has 5 heteroatoms. The van der Waals surface area contributed by atoms with Crippen LogP contribution in [0.4, 0.5) is 0 Å². The highest BCUT2D eigenvalue weighted by molar-refractivity contribution is 7.99. The number of aromatic nitrogens is 4. The molecule has 0 spiro atoms. The second-order valence-corrected chi connectivity index (χ2v) is 8.58. The molecule has 0 aliphatic carbocycles. The maximum absolute atomic E-state index is 4.60. The third-order valence-electron chi connectivity index (χ3n) is 5.44. The van der Waals surface area contributed by atoms with Crippen LogP contribution in [0, 0.1) is 13.8 Å². The van der Waals surface area contributed by atoms with Crippen LogP contribution in [0.2, 0.25) is 0 Å². The van der Waals surface area contributed by atoms with E-state index in [0.717, 1.165) is 28.0 Å². The van der Waals surface area contributed by atoms with Gasteiger partial charge in [-0.1, -0.05) is 56.1 Å². The molecule has 150 valence electrons. The third-order valence-corrected chi connectivity index (χ3v) is 6.46. The largest absolute Gasteiger partial charge is 0.358 e. The van der Waals surface area contributed by atoms with Crippen molar-refractivity contribution in [2.75, 3.05) is 5.75 Å². The molecule has 4 aromatic rings. The number of rotatable bonds is 8. The lowest BCUT2D eigenvalue weighted by atomic mass is 10.1. The average molecular weight is 405 g/mol. The fourth-order valence-corrected chi connectivity index (χ4v) is 4.60. The number of para-hydroxylation sites is 1. The summed E-state index contributed by atoms with van der Waals surface area (Å²) in [7, 11) is 0. The van der Waals surface area contributed by atoms with Gasteiger partial charge in [-0.2, -0.15) is 0 Å². The van der Waals surface area contributed by atoms with E-state index in [2.05, 4.69) is 83.0 Å². The van der Waals surface area contributed by atoms with Gasteiger partial charge in [0.05, 0.1) is 0 Å². The molecule has 2 aromatic carbocycles. The number of aryl methyl sites for hydroxylation is 2. The Morgan fingerprint density at radius 3 is 2.59 bits per heavy atom. The molecule has 0 unspecified atom stereocenters. The summed E-state index contributed by atoms with van der Waals surface area (Å²) in [6, 6.07) is 16.9. The second kappa shape index (κ2) is 8.87. The minimum atomic E-state index is 0.896. The highest BCUT2D eigenvalue weighted by atomic mass is 32.2. The molecule has 0 bridgehead atoms. The smallest absolute Gasteiger partial charge is 0.196 e. The van der Waals surface area contributed by atoms with Gasteiger partial charge in [-0.25, -0.2) is 0 Å². The number of benzene rings is 2. The van der Waals surface area contributed by atoms with Crippen LogP contribution in [0.3, 0.4) is 0 Å². The molecule has 0 aliphatic rings. The van der Waals surface area contributed by atoms with Gasteiger partial charge < -0.3 is 4.98 Å². The van der Waals surface area contributed by atoms with Crippen molar-refractivity contribution in [3.8, 4) is 17.1 Å². The van der Waals surface area contributed by atoms with E-state index in [9.17, 15) is 0 Å². The Labute approximate surface area is 176 Å². The number of H-pyrrole nitrogens is 1. The summed E-state index contributed by atoms with van der Waals surface area (Å²) in [4.78, 5) is 3.45. The Morgan fingerprint density at radius 1 is 0.966 bits per heavy atom. The lowest BCUT2D eigenvalue weighted by Gasteiger charge is -2.10. The van der Waals surface area contributed by atoms with Gasteiger partial charge in [0.1, 0.15) is 0 Å². The van der Waals surface area contributed by atoms with Crippen LogP contribution in [-0.2, 0) is 0 Å². The normalized spacial score (nSPS) is 11.4. The average Bonchev–Trinajstić information content (AvgIpc) is 3.29. The van der Waals surface area contributed by atoms with Crippen molar-refractivity contribution in [1.82, 2.24) is 19.7 Å². The Balaban J connectivity index is 1.72. The van der Waals surface area contributed by atoms with Crippen molar-refractivity contribution < 1.29 is 0 Å². The van der Waals surface area contributed by atoms with Crippen LogP contribution in [0.5, 0.6) is 0 Å². The molecule has 0 atom stereocenters. The minimum absolute atomic E-state index is 0.896. The zero-order valence-corrected chi connectivity index (χ0v) is 18.2. The highest BCUT2D eigenvalue weighted by Gasteiger charge is 2.17. The Morgan fingerprint density at radius 2 is 1.79 bits per heavy atom. The first-order chi connectivity index (χ1) is 14.2. The van der Waals surface area contributed by atoms with Gasteiger partial charge in [0.25, 0.3) is 0 Å². The number of nitrogens with one attached hydrogen (secondary N) is 1. The Hall–Kier alpha value is -2.53. The predicted molar refractivity (Wildman–Crippen MR) is 123 cm³/mol. The molecule has 2 heterocycles. The first kappa shape index (κ1) is 19.8. The standard InChI is InChI=1S/C24H28N4S/c1-4-5-6-10-15-29-24-27-26-23(28(24)20-11-8-7-9-12-20)19-13-14-22-21(16-19)17(2)18(3)25-22/h7-9,11-14,16,25H,4-6,10,15H2,1-3H3. The maximum Gasteiger partial charge on any atom is 0.196 e. The van der Waals surface area contributed by atoms with Crippen molar-refractivity contribution in [1.29, 1.82) is 0 Å². The fraction of sp³-hybridized carbons (Fsp3) is 0.333. The van der Waals surface area contributed by atoms with Gasteiger partial charge in [0, 0.05) is 33.6 Å². The zero-order chi connectivity index (χ0) is 20.2. The topological polar surface area (TPSA) is 46.5 Å². The van der Waals surface area contributed by atoms with E-state index in [-0.39, 0.29) is 0 Å². The second-order valence-electron chi connectivity index (χ2n) is 7.52.